The second-order valence-electron chi connectivity index (χ2n) is 3.08. The van der Waals surface area contributed by atoms with Crippen LogP contribution < -0.4 is 0 Å². The standard InChI is InChI=1S/C11H8BrNO2/c12-8-3-1-2-7(6-8)10-9(11(14)15)4-5-13-10/h1-6,13H,(H,14,15). The Labute approximate surface area is 94.9 Å². The maximum Gasteiger partial charge on any atom is 0.337 e. The highest BCUT2D eigenvalue weighted by Crippen LogP contribution is 2.24. The molecule has 1 aromatic carbocycles. The van der Waals surface area contributed by atoms with Crippen molar-refractivity contribution in [3.8, 4) is 11.3 Å². The van der Waals surface area contributed by atoms with E-state index in [0.29, 0.717) is 5.69 Å². The number of rotatable bonds is 2. The van der Waals surface area contributed by atoms with Crippen molar-refractivity contribution in [1.82, 2.24) is 4.98 Å². The first kappa shape index (κ1) is 9.98. The number of hydrogen-bond acceptors (Lipinski definition) is 1. The Kier molecular flexibility index (Phi) is 2.60. The van der Waals surface area contributed by atoms with Gasteiger partial charge in [-0.15, -0.1) is 0 Å². The topological polar surface area (TPSA) is 53.1 Å². The van der Waals surface area contributed by atoms with E-state index in [1.807, 2.05) is 24.3 Å². The average Bonchev–Trinajstić information content (AvgIpc) is 2.65. The van der Waals surface area contributed by atoms with Crippen LogP contribution in [0.2, 0.25) is 0 Å². The molecule has 2 rings (SSSR count). The Morgan fingerprint density at radius 1 is 1.33 bits per heavy atom. The molecule has 0 aliphatic heterocycles. The Balaban J connectivity index is 2.54. The number of aromatic amines is 1. The first-order chi connectivity index (χ1) is 7.18. The highest BCUT2D eigenvalue weighted by molar-refractivity contribution is 9.10. The first-order valence-electron chi connectivity index (χ1n) is 4.35. The molecular formula is C11H8BrNO2. The summed E-state index contributed by atoms with van der Waals surface area (Å²) in [6.45, 7) is 0. The molecule has 0 aliphatic carbocycles. The SMILES string of the molecule is O=C(O)c1cc[nH]c1-c1cccc(Br)c1. The number of nitrogens with one attached hydrogen (secondary N) is 1. The summed E-state index contributed by atoms with van der Waals surface area (Å²) in [7, 11) is 0. The van der Waals surface area contributed by atoms with Gasteiger partial charge in [-0.1, -0.05) is 28.1 Å². The van der Waals surface area contributed by atoms with E-state index in [1.165, 1.54) is 0 Å². The lowest BCUT2D eigenvalue weighted by Gasteiger charge is -2.01. The third kappa shape index (κ3) is 1.94. The van der Waals surface area contributed by atoms with Crippen LogP contribution in [0.4, 0.5) is 0 Å². The molecule has 4 heteroatoms. The number of carboxylic acid groups (broad SMARTS) is 1. The van der Waals surface area contributed by atoms with E-state index in [-0.39, 0.29) is 5.56 Å². The molecule has 0 bridgehead atoms. The van der Waals surface area contributed by atoms with Gasteiger partial charge in [0, 0.05) is 10.7 Å². The smallest absolute Gasteiger partial charge is 0.337 e. The van der Waals surface area contributed by atoms with Crippen molar-refractivity contribution in [1.29, 1.82) is 0 Å². The number of carboxylic acids is 1. The summed E-state index contributed by atoms with van der Waals surface area (Å²) in [6, 6.07) is 9.05. The maximum atomic E-state index is 10.9. The molecule has 0 saturated carbocycles. The number of aromatic carboxylic acids is 1. The highest BCUT2D eigenvalue weighted by atomic mass is 79.9. The minimum absolute atomic E-state index is 0.285. The monoisotopic (exact) mass is 265 g/mol. The van der Waals surface area contributed by atoms with Crippen LogP contribution in [-0.2, 0) is 0 Å². The third-order valence-electron chi connectivity index (χ3n) is 2.09. The van der Waals surface area contributed by atoms with E-state index in [4.69, 9.17) is 5.11 Å². The fourth-order valence-electron chi connectivity index (χ4n) is 1.43. The number of halogens is 1. The van der Waals surface area contributed by atoms with Crippen molar-refractivity contribution in [3.05, 3.63) is 46.6 Å². The second kappa shape index (κ2) is 3.90. The van der Waals surface area contributed by atoms with Gasteiger partial charge in [-0.25, -0.2) is 4.79 Å². The summed E-state index contributed by atoms with van der Waals surface area (Å²) in [5.74, 6) is -0.925. The predicted octanol–water partition coefficient (Wildman–Crippen LogP) is 3.14. The summed E-state index contributed by atoms with van der Waals surface area (Å²) in [5, 5.41) is 8.95. The predicted molar refractivity (Wildman–Crippen MR) is 60.9 cm³/mol. The Bertz CT molecular complexity index is 505. The van der Waals surface area contributed by atoms with Crippen molar-refractivity contribution in [2.75, 3.05) is 0 Å². The number of hydrogen-bond donors (Lipinski definition) is 2. The van der Waals surface area contributed by atoms with Crippen molar-refractivity contribution in [2.24, 2.45) is 0 Å². The number of carbonyl (C=O) groups is 1. The molecular weight excluding hydrogens is 258 g/mol. The molecule has 0 saturated heterocycles. The lowest BCUT2D eigenvalue weighted by atomic mass is 10.1. The van der Waals surface area contributed by atoms with Crippen LogP contribution in [0.3, 0.4) is 0 Å². The maximum absolute atomic E-state index is 10.9. The van der Waals surface area contributed by atoms with Crippen LogP contribution in [0, 0.1) is 0 Å². The summed E-state index contributed by atoms with van der Waals surface area (Å²) in [4.78, 5) is 13.8. The van der Waals surface area contributed by atoms with E-state index in [9.17, 15) is 4.79 Å². The van der Waals surface area contributed by atoms with Crippen LogP contribution in [0.1, 0.15) is 10.4 Å². The van der Waals surface area contributed by atoms with Gasteiger partial charge in [-0.3, -0.25) is 0 Å². The van der Waals surface area contributed by atoms with Crippen LogP contribution in [0.15, 0.2) is 41.0 Å². The zero-order chi connectivity index (χ0) is 10.8. The summed E-state index contributed by atoms with van der Waals surface area (Å²) >= 11 is 3.35. The molecule has 2 N–H and O–H groups in total. The van der Waals surface area contributed by atoms with E-state index in [0.717, 1.165) is 10.0 Å². The van der Waals surface area contributed by atoms with Gasteiger partial charge in [0.15, 0.2) is 0 Å². The van der Waals surface area contributed by atoms with Crippen LogP contribution in [0.25, 0.3) is 11.3 Å². The molecule has 0 radical (unpaired) electrons. The Hall–Kier alpha value is -1.55. The van der Waals surface area contributed by atoms with Gasteiger partial charge in [0.1, 0.15) is 0 Å². The largest absolute Gasteiger partial charge is 0.478 e. The van der Waals surface area contributed by atoms with Gasteiger partial charge in [-0.2, -0.15) is 0 Å². The quantitative estimate of drug-likeness (QED) is 0.877. The molecule has 0 aliphatic rings. The van der Waals surface area contributed by atoms with Gasteiger partial charge in [0.25, 0.3) is 0 Å². The molecule has 0 amide bonds. The first-order valence-corrected chi connectivity index (χ1v) is 5.14. The van der Waals surface area contributed by atoms with Gasteiger partial charge in [0.05, 0.1) is 11.3 Å². The zero-order valence-corrected chi connectivity index (χ0v) is 9.28. The lowest BCUT2D eigenvalue weighted by Crippen LogP contribution is -1.96. The van der Waals surface area contributed by atoms with Gasteiger partial charge in [-0.05, 0) is 23.8 Å². The normalized spacial score (nSPS) is 10.2. The molecule has 2 aromatic rings. The van der Waals surface area contributed by atoms with Crippen molar-refractivity contribution in [2.45, 2.75) is 0 Å². The number of aromatic nitrogens is 1. The van der Waals surface area contributed by atoms with Gasteiger partial charge >= 0.3 is 5.97 Å². The van der Waals surface area contributed by atoms with Crippen LogP contribution >= 0.6 is 15.9 Å². The molecule has 0 atom stereocenters. The van der Waals surface area contributed by atoms with Crippen molar-refractivity contribution in [3.63, 3.8) is 0 Å². The zero-order valence-electron chi connectivity index (χ0n) is 7.70. The minimum Gasteiger partial charge on any atom is -0.478 e. The highest BCUT2D eigenvalue weighted by Gasteiger charge is 2.12. The summed E-state index contributed by atoms with van der Waals surface area (Å²) in [5.41, 5.74) is 1.77. The van der Waals surface area contributed by atoms with Crippen LogP contribution in [0.5, 0.6) is 0 Å². The molecule has 0 unspecified atom stereocenters. The van der Waals surface area contributed by atoms with E-state index in [1.54, 1.807) is 12.3 Å². The number of benzene rings is 1. The molecule has 1 aromatic heterocycles. The van der Waals surface area contributed by atoms with E-state index >= 15 is 0 Å². The van der Waals surface area contributed by atoms with Gasteiger partial charge < -0.3 is 10.1 Å². The fraction of sp³-hybridized carbons (Fsp3) is 0. The minimum atomic E-state index is -0.925. The molecule has 3 nitrogen and oxygen atoms in total. The van der Waals surface area contributed by atoms with E-state index < -0.39 is 5.97 Å². The Morgan fingerprint density at radius 3 is 2.80 bits per heavy atom. The van der Waals surface area contributed by atoms with Crippen LogP contribution in [-0.4, -0.2) is 16.1 Å². The van der Waals surface area contributed by atoms with Crippen molar-refractivity contribution < 1.29 is 9.90 Å². The average molecular weight is 266 g/mol. The third-order valence-corrected chi connectivity index (χ3v) is 2.58. The summed E-state index contributed by atoms with van der Waals surface area (Å²) < 4.78 is 0.922. The summed E-state index contributed by atoms with van der Waals surface area (Å²) in [6.07, 6.45) is 1.62. The Morgan fingerprint density at radius 2 is 2.13 bits per heavy atom. The molecule has 0 fully saturated rings. The molecule has 76 valence electrons. The molecule has 1 heterocycles. The van der Waals surface area contributed by atoms with Crippen molar-refractivity contribution >= 4 is 21.9 Å². The molecule has 0 spiro atoms. The van der Waals surface area contributed by atoms with Gasteiger partial charge in [0.2, 0.25) is 0 Å². The lowest BCUT2D eigenvalue weighted by molar-refractivity contribution is 0.0698. The number of H-pyrrole nitrogens is 1. The van der Waals surface area contributed by atoms with E-state index in [2.05, 4.69) is 20.9 Å². The fourth-order valence-corrected chi connectivity index (χ4v) is 1.83. The second-order valence-corrected chi connectivity index (χ2v) is 4.00. The molecule has 15 heavy (non-hydrogen) atoms.